The molecule has 5 heteroatoms. The first kappa shape index (κ1) is 12.1. The monoisotopic (exact) mass is 296 g/mol. The minimum atomic E-state index is -0.0643. The fourth-order valence-electron chi connectivity index (χ4n) is 1.81. The van der Waals surface area contributed by atoms with Crippen molar-refractivity contribution in [2.45, 2.75) is 27.3 Å². The second kappa shape index (κ2) is 4.49. The van der Waals surface area contributed by atoms with E-state index in [1.165, 1.54) is 0 Å². The molecule has 2 aromatic heterocycles. The lowest BCUT2D eigenvalue weighted by atomic mass is 10.1. The van der Waals surface area contributed by atoms with Crippen LogP contribution in [0.4, 0.5) is 0 Å². The SMILES string of the molecule is CCn1ncc(Br)c1C(=O)c1cc(C)oc1C. The van der Waals surface area contributed by atoms with Crippen LogP contribution in [-0.2, 0) is 6.54 Å². The molecule has 0 spiro atoms. The molecule has 2 heterocycles. The van der Waals surface area contributed by atoms with Crippen LogP contribution in [0.5, 0.6) is 0 Å². The Morgan fingerprint density at radius 1 is 1.53 bits per heavy atom. The zero-order valence-electron chi connectivity index (χ0n) is 9.95. The molecule has 0 aliphatic carbocycles. The zero-order chi connectivity index (χ0) is 12.6. The number of hydrogen-bond acceptors (Lipinski definition) is 3. The molecule has 0 aliphatic rings. The standard InChI is InChI=1S/C12H13BrN2O2/c1-4-15-11(10(13)6-14-15)12(16)9-5-7(2)17-8(9)3/h5-6H,4H2,1-3H3. The third-order valence-electron chi connectivity index (χ3n) is 2.60. The summed E-state index contributed by atoms with van der Waals surface area (Å²) in [5.74, 6) is 1.32. The van der Waals surface area contributed by atoms with Gasteiger partial charge in [0, 0.05) is 6.54 Å². The normalized spacial score (nSPS) is 10.8. The maximum atomic E-state index is 12.4. The van der Waals surface area contributed by atoms with E-state index in [-0.39, 0.29) is 5.78 Å². The molecule has 0 N–H and O–H groups in total. The lowest BCUT2D eigenvalue weighted by Gasteiger charge is -2.03. The second-order valence-electron chi connectivity index (χ2n) is 3.81. The van der Waals surface area contributed by atoms with Gasteiger partial charge in [-0.3, -0.25) is 9.48 Å². The maximum absolute atomic E-state index is 12.4. The number of halogens is 1. The molecule has 0 amide bonds. The van der Waals surface area contributed by atoms with Crippen LogP contribution in [0.1, 0.15) is 34.5 Å². The van der Waals surface area contributed by atoms with Gasteiger partial charge in [0.25, 0.3) is 0 Å². The Morgan fingerprint density at radius 3 is 2.76 bits per heavy atom. The number of ketones is 1. The van der Waals surface area contributed by atoms with E-state index in [0.717, 1.165) is 5.76 Å². The van der Waals surface area contributed by atoms with Crippen LogP contribution in [-0.4, -0.2) is 15.6 Å². The highest BCUT2D eigenvalue weighted by atomic mass is 79.9. The smallest absolute Gasteiger partial charge is 0.215 e. The molecule has 0 aromatic carbocycles. The summed E-state index contributed by atoms with van der Waals surface area (Å²) in [6.07, 6.45) is 1.64. The molecule has 90 valence electrons. The van der Waals surface area contributed by atoms with Gasteiger partial charge >= 0.3 is 0 Å². The van der Waals surface area contributed by atoms with Gasteiger partial charge in [-0.25, -0.2) is 0 Å². The summed E-state index contributed by atoms with van der Waals surface area (Å²) in [5.41, 5.74) is 1.16. The zero-order valence-corrected chi connectivity index (χ0v) is 11.5. The van der Waals surface area contributed by atoms with E-state index < -0.39 is 0 Å². The van der Waals surface area contributed by atoms with Gasteiger partial charge in [0.2, 0.25) is 5.78 Å². The van der Waals surface area contributed by atoms with E-state index in [2.05, 4.69) is 21.0 Å². The molecule has 0 atom stereocenters. The molecule has 2 aromatic rings. The molecule has 0 fully saturated rings. The first-order chi connectivity index (χ1) is 8.04. The quantitative estimate of drug-likeness (QED) is 0.818. The third kappa shape index (κ3) is 2.07. The molecule has 2 rings (SSSR count). The molecule has 17 heavy (non-hydrogen) atoms. The Labute approximate surface area is 108 Å². The van der Waals surface area contributed by atoms with E-state index in [1.54, 1.807) is 23.9 Å². The molecular weight excluding hydrogens is 284 g/mol. The summed E-state index contributed by atoms with van der Waals surface area (Å²) in [6, 6.07) is 1.76. The molecule has 0 saturated carbocycles. The van der Waals surface area contributed by atoms with Gasteiger partial charge in [-0.1, -0.05) is 0 Å². The third-order valence-corrected chi connectivity index (χ3v) is 3.18. The van der Waals surface area contributed by atoms with Gasteiger partial charge in [0.05, 0.1) is 16.2 Å². The second-order valence-corrected chi connectivity index (χ2v) is 4.67. The number of hydrogen-bond donors (Lipinski definition) is 0. The van der Waals surface area contributed by atoms with E-state index in [1.807, 2.05) is 13.8 Å². The minimum Gasteiger partial charge on any atom is -0.466 e. The van der Waals surface area contributed by atoms with Gasteiger partial charge in [0.15, 0.2) is 0 Å². The van der Waals surface area contributed by atoms with Gasteiger partial charge in [-0.15, -0.1) is 0 Å². The van der Waals surface area contributed by atoms with Crippen molar-refractivity contribution in [3.8, 4) is 0 Å². The first-order valence-electron chi connectivity index (χ1n) is 5.37. The molecule has 0 saturated heterocycles. The Balaban J connectivity index is 2.50. The average Bonchev–Trinajstić information content (AvgIpc) is 2.80. The van der Waals surface area contributed by atoms with Crippen molar-refractivity contribution >= 4 is 21.7 Å². The van der Waals surface area contributed by atoms with E-state index in [0.29, 0.717) is 28.0 Å². The van der Waals surface area contributed by atoms with Gasteiger partial charge in [-0.05, 0) is 42.8 Å². The highest BCUT2D eigenvalue weighted by Gasteiger charge is 2.21. The van der Waals surface area contributed by atoms with E-state index in [4.69, 9.17) is 4.42 Å². The summed E-state index contributed by atoms with van der Waals surface area (Å²) < 4.78 is 7.77. The topological polar surface area (TPSA) is 48.0 Å². The molecule has 0 unspecified atom stereocenters. The molecular formula is C12H13BrN2O2. The molecule has 0 bridgehead atoms. The van der Waals surface area contributed by atoms with E-state index >= 15 is 0 Å². The van der Waals surface area contributed by atoms with Crippen molar-refractivity contribution in [1.29, 1.82) is 0 Å². The number of rotatable bonds is 3. The number of carbonyl (C=O) groups is 1. The summed E-state index contributed by atoms with van der Waals surface area (Å²) in [6.45, 7) is 6.23. The largest absolute Gasteiger partial charge is 0.466 e. The summed E-state index contributed by atoms with van der Waals surface area (Å²) in [5, 5.41) is 4.14. The lowest BCUT2D eigenvalue weighted by molar-refractivity contribution is 0.102. The number of aryl methyl sites for hydroxylation is 3. The number of nitrogens with zero attached hydrogens (tertiary/aromatic N) is 2. The number of aromatic nitrogens is 2. The number of furan rings is 1. The summed E-state index contributed by atoms with van der Waals surface area (Å²) >= 11 is 3.35. The predicted octanol–water partition coefficient (Wildman–Crippen LogP) is 3.11. The minimum absolute atomic E-state index is 0.0643. The fraction of sp³-hybridized carbons (Fsp3) is 0.333. The van der Waals surface area contributed by atoms with Crippen molar-refractivity contribution in [3.05, 3.63) is 39.5 Å². The van der Waals surface area contributed by atoms with Crippen molar-refractivity contribution in [3.63, 3.8) is 0 Å². The predicted molar refractivity (Wildman–Crippen MR) is 67.2 cm³/mol. The molecule has 0 aliphatic heterocycles. The maximum Gasteiger partial charge on any atom is 0.215 e. The van der Waals surface area contributed by atoms with Crippen molar-refractivity contribution in [2.24, 2.45) is 0 Å². The Morgan fingerprint density at radius 2 is 2.24 bits per heavy atom. The van der Waals surface area contributed by atoms with Crippen LogP contribution >= 0.6 is 15.9 Å². The van der Waals surface area contributed by atoms with Crippen LogP contribution in [0.15, 0.2) is 21.2 Å². The Hall–Kier alpha value is -1.36. The fourth-order valence-corrected chi connectivity index (χ4v) is 2.29. The van der Waals surface area contributed by atoms with Crippen LogP contribution < -0.4 is 0 Å². The number of carbonyl (C=O) groups excluding carboxylic acids is 1. The molecule has 4 nitrogen and oxygen atoms in total. The van der Waals surface area contributed by atoms with Gasteiger partial charge in [0.1, 0.15) is 17.2 Å². The van der Waals surface area contributed by atoms with Crippen molar-refractivity contribution < 1.29 is 9.21 Å². The van der Waals surface area contributed by atoms with Crippen molar-refractivity contribution in [2.75, 3.05) is 0 Å². The lowest BCUT2D eigenvalue weighted by Crippen LogP contribution is -2.11. The van der Waals surface area contributed by atoms with Gasteiger partial charge in [-0.2, -0.15) is 5.10 Å². The highest BCUT2D eigenvalue weighted by Crippen LogP contribution is 2.23. The van der Waals surface area contributed by atoms with E-state index in [9.17, 15) is 4.79 Å². The van der Waals surface area contributed by atoms with Crippen molar-refractivity contribution in [1.82, 2.24) is 9.78 Å². The highest BCUT2D eigenvalue weighted by molar-refractivity contribution is 9.10. The average molecular weight is 297 g/mol. The molecule has 0 radical (unpaired) electrons. The van der Waals surface area contributed by atoms with Crippen LogP contribution in [0.3, 0.4) is 0 Å². The Kier molecular flexibility index (Phi) is 3.19. The van der Waals surface area contributed by atoms with Crippen LogP contribution in [0.2, 0.25) is 0 Å². The summed E-state index contributed by atoms with van der Waals surface area (Å²) in [4.78, 5) is 12.4. The Bertz CT molecular complexity index is 569. The van der Waals surface area contributed by atoms with Crippen LogP contribution in [0, 0.1) is 13.8 Å². The first-order valence-corrected chi connectivity index (χ1v) is 6.17. The van der Waals surface area contributed by atoms with Gasteiger partial charge < -0.3 is 4.42 Å². The van der Waals surface area contributed by atoms with Crippen LogP contribution in [0.25, 0.3) is 0 Å². The summed E-state index contributed by atoms with van der Waals surface area (Å²) in [7, 11) is 0.